The van der Waals surface area contributed by atoms with Crippen LogP contribution in [-0.4, -0.2) is 44.2 Å². The van der Waals surface area contributed by atoms with Gasteiger partial charge in [0, 0.05) is 18.7 Å². The third kappa shape index (κ3) is 4.70. The van der Waals surface area contributed by atoms with Crippen LogP contribution in [0, 0.1) is 0 Å². The predicted molar refractivity (Wildman–Crippen MR) is 78.5 cm³/mol. The zero-order valence-corrected chi connectivity index (χ0v) is 12.2. The molecule has 1 atom stereocenters. The van der Waals surface area contributed by atoms with Crippen molar-refractivity contribution in [1.29, 1.82) is 0 Å². The Morgan fingerprint density at radius 3 is 2.84 bits per heavy atom. The van der Waals surface area contributed by atoms with E-state index in [1.165, 1.54) is 0 Å². The second-order valence-electron chi connectivity index (χ2n) is 4.37. The Bertz CT molecular complexity index is 440. The number of hydrogen-bond acceptors (Lipinski definition) is 4. The Hall–Kier alpha value is -1.30. The number of methoxy groups -OCH3 is 1. The van der Waals surface area contributed by atoms with Gasteiger partial charge < -0.3 is 15.8 Å². The zero-order valence-electron chi connectivity index (χ0n) is 11.4. The summed E-state index contributed by atoms with van der Waals surface area (Å²) in [4.78, 5) is 14.0. The average molecular weight is 286 g/mol. The highest BCUT2D eigenvalue weighted by Crippen LogP contribution is 2.22. The number of carbonyl (C=O) groups excluding carboxylic acids is 1. The highest BCUT2D eigenvalue weighted by molar-refractivity contribution is 6.31. The minimum absolute atomic E-state index is 0.118. The second kappa shape index (κ2) is 7.33. The molecular formula is C13H20ClN3O2. The molecule has 1 aromatic carbocycles. The van der Waals surface area contributed by atoms with Crippen LogP contribution < -0.4 is 11.1 Å². The minimum atomic E-state index is -0.273. The van der Waals surface area contributed by atoms with E-state index < -0.39 is 0 Å². The number of nitrogens with zero attached hydrogens (tertiary/aromatic N) is 1. The minimum Gasteiger partial charge on any atom is -0.397 e. The number of anilines is 2. The van der Waals surface area contributed by atoms with Crippen molar-refractivity contribution in [2.75, 3.05) is 38.4 Å². The first kappa shape index (κ1) is 15.8. The molecule has 6 heteroatoms. The van der Waals surface area contributed by atoms with E-state index in [1.807, 2.05) is 18.9 Å². The van der Waals surface area contributed by atoms with Crippen LogP contribution in [0.5, 0.6) is 0 Å². The van der Waals surface area contributed by atoms with Crippen LogP contribution in [0.2, 0.25) is 5.02 Å². The van der Waals surface area contributed by atoms with Crippen LogP contribution in [-0.2, 0) is 9.53 Å². The molecule has 0 fully saturated rings. The third-order valence-corrected chi connectivity index (χ3v) is 3.20. The first-order valence-corrected chi connectivity index (χ1v) is 6.38. The highest BCUT2D eigenvalue weighted by Gasteiger charge is 2.18. The number of nitrogens with one attached hydrogen (secondary N) is 1. The fourth-order valence-electron chi connectivity index (χ4n) is 1.51. The largest absolute Gasteiger partial charge is 0.397 e. The maximum absolute atomic E-state index is 12.1. The molecule has 0 bridgehead atoms. The molecule has 1 rings (SSSR count). The number of amides is 1. The van der Waals surface area contributed by atoms with Crippen LogP contribution >= 0.6 is 11.6 Å². The van der Waals surface area contributed by atoms with Gasteiger partial charge in [-0.15, -0.1) is 0 Å². The molecule has 0 radical (unpaired) electrons. The topological polar surface area (TPSA) is 67.6 Å². The lowest BCUT2D eigenvalue weighted by Crippen LogP contribution is -2.41. The molecule has 0 aromatic heterocycles. The summed E-state index contributed by atoms with van der Waals surface area (Å²) in [5, 5.41) is 3.33. The molecule has 3 N–H and O–H groups in total. The summed E-state index contributed by atoms with van der Waals surface area (Å²) >= 11 is 5.81. The van der Waals surface area contributed by atoms with Gasteiger partial charge in [0.2, 0.25) is 5.91 Å². The van der Waals surface area contributed by atoms with Crippen molar-refractivity contribution >= 4 is 28.9 Å². The summed E-state index contributed by atoms with van der Waals surface area (Å²) in [6.07, 6.45) is 0. The number of nitrogens with two attached hydrogens (primary N) is 1. The van der Waals surface area contributed by atoms with E-state index in [1.54, 1.807) is 25.3 Å². The monoisotopic (exact) mass is 285 g/mol. The van der Waals surface area contributed by atoms with Crippen molar-refractivity contribution in [1.82, 2.24) is 4.90 Å². The molecule has 0 spiro atoms. The van der Waals surface area contributed by atoms with Crippen molar-refractivity contribution in [3.8, 4) is 0 Å². The van der Waals surface area contributed by atoms with Crippen LogP contribution in [0.15, 0.2) is 18.2 Å². The van der Waals surface area contributed by atoms with Gasteiger partial charge in [0.1, 0.15) is 0 Å². The SMILES string of the molecule is COCCN(C)C(C)C(=O)Nc1ccc(Cl)cc1N. The molecule has 0 aliphatic heterocycles. The fraction of sp³-hybridized carbons (Fsp3) is 0.462. The van der Waals surface area contributed by atoms with E-state index >= 15 is 0 Å². The van der Waals surface area contributed by atoms with E-state index in [4.69, 9.17) is 22.1 Å². The van der Waals surface area contributed by atoms with Crippen molar-refractivity contribution in [3.63, 3.8) is 0 Å². The second-order valence-corrected chi connectivity index (χ2v) is 4.81. The van der Waals surface area contributed by atoms with Gasteiger partial charge in [-0.2, -0.15) is 0 Å². The van der Waals surface area contributed by atoms with Crippen LogP contribution in [0.4, 0.5) is 11.4 Å². The Labute approximate surface area is 118 Å². The molecule has 5 nitrogen and oxygen atoms in total. The third-order valence-electron chi connectivity index (χ3n) is 2.96. The Morgan fingerprint density at radius 1 is 1.58 bits per heavy atom. The number of ether oxygens (including phenoxy) is 1. The zero-order chi connectivity index (χ0) is 14.4. The summed E-state index contributed by atoms with van der Waals surface area (Å²) in [7, 11) is 3.50. The van der Waals surface area contributed by atoms with E-state index in [9.17, 15) is 4.79 Å². The van der Waals surface area contributed by atoms with Crippen LogP contribution in [0.3, 0.4) is 0 Å². The van der Waals surface area contributed by atoms with Crippen molar-refractivity contribution in [3.05, 3.63) is 23.2 Å². The normalized spacial score (nSPS) is 12.5. The van der Waals surface area contributed by atoms with Gasteiger partial charge in [-0.25, -0.2) is 0 Å². The van der Waals surface area contributed by atoms with Gasteiger partial charge in [0.25, 0.3) is 0 Å². The molecule has 0 aliphatic carbocycles. The Morgan fingerprint density at radius 2 is 2.26 bits per heavy atom. The number of nitrogen functional groups attached to an aromatic ring is 1. The molecule has 1 unspecified atom stereocenters. The van der Waals surface area contributed by atoms with Crippen LogP contribution in [0.1, 0.15) is 6.92 Å². The number of likely N-dealkylation sites (N-methyl/N-ethyl adjacent to an activating group) is 1. The number of hydrogen-bond donors (Lipinski definition) is 2. The lowest BCUT2D eigenvalue weighted by molar-refractivity contribution is -0.120. The smallest absolute Gasteiger partial charge is 0.241 e. The number of benzene rings is 1. The van der Waals surface area contributed by atoms with Gasteiger partial charge >= 0.3 is 0 Å². The molecule has 1 aromatic rings. The molecular weight excluding hydrogens is 266 g/mol. The summed E-state index contributed by atoms with van der Waals surface area (Å²) in [5.41, 5.74) is 6.82. The lowest BCUT2D eigenvalue weighted by Gasteiger charge is -2.23. The Balaban J connectivity index is 2.63. The molecule has 106 valence electrons. The number of rotatable bonds is 6. The molecule has 0 aliphatic rings. The Kier molecular flexibility index (Phi) is 6.08. The first-order chi connectivity index (χ1) is 8.95. The number of carbonyl (C=O) groups is 1. The predicted octanol–water partition coefficient (Wildman–Crippen LogP) is 1.83. The van der Waals surface area contributed by atoms with Crippen LogP contribution in [0.25, 0.3) is 0 Å². The fourth-order valence-corrected chi connectivity index (χ4v) is 1.69. The summed E-state index contributed by atoms with van der Waals surface area (Å²) < 4.78 is 4.98. The van der Waals surface area contributed by atoms with E-state index in [0.717, 1.165) is 0 Å². The van der Waals surface area contributed by atoms with Gasteiger partial charge in [-0.05, 0) is 32.2 Å². The van der Waals surface area contributed by atoms with Crippen molar-refractivity contribution in [2.45, 2.75) is 13.0 Å². The van der Waals surface area contributed by atoms with Gasteiger partial charge in [0.15, 0.2) is 0 Å². The van der Waals surface area contributed by atoms with E-state index in [0.29, 0.717) is 29.5 Å². The summed E-state index contributed by atoms with van der Waals surface area (Å²) in [6, 6.07) is 4.71. The molecule has 0 saturated heterocycles. The maximum Gasteiger partial charge on any atom is 0.241 e. The van der Waals surface area contributed by atoms with Gasteiger partial charge in [-0.1, -0.05) is 11.6 Å². The molecule has 0 saturated carbocycles. The number of halogens is 1. The van der Waals surface area contributed by atoms with Crippen molar-refractivity contribution < 1.29 is 9.53 Å². The van der Waals surface area contributed by atoms with Crippen molar-refractivity contribution in [2.24, 2.45) is 0 Å². The average Bonchev–Trinajstić information content (AvgIpc) is 2.38. The molecule has 1 amide bonds. The van der Waals surface area contributed by atoms with Gasteiger partial charge in [-0.3, -0.25) is 9.69 Å². The molecule has 19 heavy (non-hydrogen) atoms. The lowest BCUT2D eigenvalue weighted by atomic mass is 10.2. The summed E-state index contributed by atoms with van der Waals surface area (Å²) in [5.74, 6) is -0.118. The standard InChI is InChI=1S/C13H20ClN3O2/c1-9(17(2)6-7-19-3)13(18)16-12-5-4-10(14)8-11(12)15/h4-5,8-9H,6-7,15H2,1-3H3,(H,16,18). The summed E-state index contributed by atoms with van der Waals surface area (Å²) in [6.45, 7) is 3.09. The van der Waals surface area contributed by atoms with E-state index in [2.05, 4.69) is 5.32 Å². The van der Waals surface area contributed by atoms with Gasteiger partial charge in [0.05, 0.1) is 24.0 Å². The highest BCUT2D eigenvalue weighted by atomic mass is 35.5. The maximum atomic E-state index is 12.1. The quantitative estimate of drug-likeness (QED) is 0.783. The molecule has 0 heterocycles. The first-order valence-electron chi connectivity index (χ1n) is 6.00. The van der Waals surface area contributed by atoms with E-state index in [-0.39, 0.29) is 11.9 Å².